The van der Waals surface area contributed by atoms with Gasteiger partial charge >= 0.3 is 0 Å². The van der Waals surface area contributed by atoms with Crippen molar-refractivity contribution in [2.24, 2.45) is 0 Å². The highest BCUT2D eigenvalue weighted by Gasteiger charge is 2.31. The Morgan fingerprint density at radius 3 is 2.53 bits per heavy atom. The van der Waals surface area contributed by atoms with Crippen LogP contribution in [0.25, 0.3) is 0 Å². The lowest BCUT2D eigenvalue weighted by Gasteiger charge is -2.34. The summed E-state index contributed by atoms with van der Waals surface area (Å²) in [6.07, 6.45) is 1.83. The molecule has 1 N–H and O–H groups in total. The summed E-state index contributed by atoms with van der Waals surface area (Å²) in [5, 5.41) is 3.50. The highest BCUT2D eigenvalue weighted by molar-refractivity contribution is 7.85. The van der Waals surface area contributed by atoms with Crippen LogP contribution in [-0.2, 0) is 20.3 Å². The maximum atomic E-state index is 12.3. The molecule has 2 atom stereocenters. The third-order valence-corrected chi connectivity index (χ3v) is 5.46. The number of ether oxygens (including phenoxy) is 2. The summed E-state index contributed by atoms with van der Waals surface area (Å²) in [5.41, 5.74) is -0.296. The third kappa shape index (κ3) is 4.32. The lowest BCUT2D eigenvalue weighted by Crippen LogP contribution is -2.50. The van der Waals surface area contributed by atoms with Crippen molar-refractivity contribution in [3.8, 4) is 0 Å². The zero-order valence-electron chi connectivity index (χ0n) is 11.3. The van der Waals surface area contributed by atoms with E-state index in [4.69, 9.17) is 9.47 Å². The minimum atomic E-state index is -0.807. The Bertz CT molecular complexity index is 252. The number of hydrogen-bond acceptors (Lipinski definition) is 4. The van der Waals surface area contributed by atoms with Gasteiger partial charge in [0.2, 0.25) is 0 Å². The van der Waals surface area contributed by atoms with E-state index in [1.54, 1.807) is 7.11 Å². The third-order valence-electron chi connectivity index (χ3n) is 3.58. The van der Waals surface area contributed by atoms with Gasteiger partial charge in [-0.3, -0.25) is 4.21 Å². The number of methoxy groups -OCH3 is 1. The van der Waals surface area contributed by atoms with Crippen molar-refractivity contribution in [1.82, 2.24) is 5.32 Å². The van der Waals surface area contributed by atoms with Crippen LogP contribution in [0.1, 0.15) is 26.7 Å². The van der Waals surface area contributed by atoms with Crippen LogP contribution >= 0.6 is 0 Å². The summed E-state index contributed by atoms with van der Waals surface area (Å²) in [6, 6.07) is 0.108. The molecule has 1 fully saturated rings. The first-order chi connectivity index (χ1) is 8.01. The van der Waals surface area contributed by atoms with Gasteiger partial charge in [0, 0.05) is 48.2 Å². The summed E-state index contributed by atoms with van der Waals surface area (Å²) in [6.45, 7) is 5.54. The van der Waals surface area contributed by atoms with E-state index in [0.29, 0.717) is 5.75 Å². The molecule has 0 aromatic rings. The van der Waals surface area contributed by atoms with Gasteiger partial charge in [0.15, 0.2) is 0 Å². The molecular formula is C12H25NO3S. The molecule has 4 nitrogen and oxygen atoms in total. The molecule has 0 spiro atoms. The van der Waals surface area contributed by atoms with Crippen LogP contribution in [0.2, 0.25) is 0 Å². The van der Waals surface area contributed by atoms with Gasteiger partial charge < -0.3 is 14.8 Å². The van der Waals surface area contributed by atoms with Gasteiger partial charge in [-0.2, -0.15) is 0 Å². The van der Waals surface area contributed by atoms with Crippen molar-refractivity contribution in [3.05, 3.63) is 0 Å². The van der Waals surface area contributed by atoms with E-state index in [1.807, 2.05) is 20.9 Å². The van der Waals surface area contributed by atoms with Gasteiger partial charge in [-0.05, 0) is 33.7 Å². The SMILES string of the molecule is CNC(CS(=O)C1CCOCC1)C(C)(C)OC. The Kier molecular flexibility index (Phi) is 6.06. The first kappa shape index (κ1) is 15.1. The van der Waals surface area contributed by atoms with Gasteiger partial charge in [-0.15, -0.1) is 0 Å². The zero-order chi connectivity index (χ0) is 12.9. The fraction of sp³-hybridized carbons (Fsp3) is 1.00. The fourth-order valence-electron chi connectivity index (χ4n) is 2.01. The number of likely N-dealkylation sites (N-methyl/N-ethyl adjacent to an activating group) is 1. The molecule has 5 heteroatoms. The fourth-order valence-corrected chi connectivity index (χ4v) is 3.90. The first-order valence-corrected chi connectivity index (χ1v) is 7.56. The van der Waals surface area contributed by atoms with Crippen molar-refractivity contribution < 1.29 is 13.7 Å². The molecule has 0 aliphatic carbocycles. The van der Waals surface area contributed by atoms with Crippen LogP contribution < -0.4 is 5.32 Å². The highest BCUT2D eigenvalue weighted by atomic mass is 32.2. The van der Waals surface area contributed by atoms with Crippen molar-refractivity contribution in [2.45, 2.75) is 43.6 Å². The Labute approximate surface area is 107 Å². The molecule has 1 heterocycles. The van der Waals surface area contributed by atoms with Crippen LogP contribution in [-0.4, -0.2) is 54.2 Å². The molecule has 1 saturated heterocycles. The Balaban J connectivity index is 2.52. The molecule has 0 aromatic heterocycles. The Hall–Kier alpha value is 0.0300. The standard InChI is InChI=1S/C12H25NO3S/c1-12(2,15-4)11(13-3)9-17(14)10-5-7-16-8-6-10/h10-11,13H,5-9H2,1-4H3. The maximum Gasteiger partial charge on any atom is 0.0783 e. The highest BCUT2D eigenvalue weighted by Crippen LogP contribution is 2.19. The molecule has 2 unspecified atom stereocenters. The second kappa shape index (κ2) is 6.83. The predicted molar refractivity (Wildman–Crippen MR) is 70.8 cm³/mol. The summed E-state index contributed by atoms with van der Waals surface area (Å²) in [4.78, 5) is 0. The van der Waals surface area contributed by atoms with Crippen molar-refractivity contribution in [1.29, 1.82) is 0 Å². The van der Waals surface area contributed by atoms with Gasteiger partial charge in [-0.1, -0.05) is 0 Å². The molecule has 1 rings (SSSR count). The molecule has 1 aliphatic rings. The normalized spacial score (nSPS) is 22.4. The minimum Gasteiger partial charge on any atom is -0.381 e. The average molecular weight is 263 g/mol. The molecular weight excluding hydrogens is 238 g/mol. The van der Waals surface area contributed by atoms with E-state index in [1.165, 1.54) is 0 Å². The Morgan fingerprint density at radius 1 is 1.47 bits per heavy atom. The van der Waals surface area contributed by atoms with Gasteiger partial charge in [0.1, 0.15) is 0 Å². The molecule has 102 valence electrons. The number of rotatable bonds is 6. The lowest BCUT2D eigenvalue weighted by molar-refractivity contribution is -0.00188. The zero-order valence-corrected chi connectivity index (χ0v) is 12.1. The number of nitrogens with one attached hydrogen (secondary N) is 1. The predicted octanol–water partition coefficient (Wildman–Crippen LogP) is 0.927. The second-order valence-corrected chi connectivity index (χ2v) is 6.77. The largest absolute Gasteiger partial charge is 0.381 e. The van der Waals surface area contributed by atoms with Crippen molar-refractivity contribution in [2.75, 3.05) is 33.1 Å². The van der Waals surface area contributed by atoms with Crippen LogP contribution in [0.3, 0.4) is 0 Å². The molecule has 0 saturated carbocycles. The minimum absolute atomic E-state index is 0.108. The first-order valence-electron chi connectivity index (χ1n) is 6.18. The van der Waals surface area contributed by atoms with Gasteiger partial charge in [-0.25, -0.2) is 0 Å². The summed E-state index contributed by atoms with van der Waals surface area (Å²) in [5.74, 6) is 0.641. The summed E-state index contributed by atoms with van der Waals surface area (Å²) < 4.78 is 23.0. The van der Waals surface area contributed by atoms with E-state index in [9.17, 15) is 4.21 Å². The van der Waals surface area contributed by atoms with Crippen molar-refractivity contribution >= 4 is 10.8 Å². The maximum absolute atomic E-state index is 12.3. The van der Waals surface area contributed by atoms with Crippen LogP contribution in [0.5, 0.6) is 0 Å². The molecule has 17 heavy (non-hydrogen) atoms. The summed E-state index contributed by atoms with van der Waals surface area (Å²) >= 11 is 0. The second-order valence-electron chi connectivity index (χ2n) is 5.01. The monoisotopic (exact) mass is 263 g/mol. The van der Waals surface area contributed by atoms with E-state index in [0.717, 1.165) is 26.1 Å². The smallest absolute Gasteiger partial charge is 0.0783 e. The van der Waals surface area contributed by atoms with E-state index in [2.05, 4.69) is 5.32 Å². The lowest BCUT2D eigenvalue weighted by atomic mass is 10.0. The van der Waals surface area contributed by atoms with Gasteiger partial charge in [0.25, 0.3) is 0 Å². The molecule has 0 aromatic carbocycles. The van der Waals surface area contributed by atoms with Crippen LogP contribution in [0, 0.1) is 0 Å². The van der Waals surface area contributed by atoms with Gasteiger partial charge in [0.05, 0.1) is 5.60 Å². The molecule has 0 radical (unpaired) electrons. The van der Waals surface area contributed by atoms with E-state index >= 15 is 0 Å². The average Bonchev–Trinajstić information content (AvgIpc) is 2.36. The molecule has 0 amide bonds. The van der Waals surface area contributed by atoms with Crippen molar-refractivity contribution in [3.63, 3.8) is 0 Å². The van der Waals surface area contributed by atoms with Crippen LogP contribution in [0.15, 0.2) is 0 Å². The molecule has 1 aliphatic heterocycles. The number of hydrogen-bond donors (Lipinski definition) is 1. The van der Waals surface area contributed by atoms with E-state index < -0.39 is 10.8 Å². The topological polar surface area (TPSA) is 47.6 Å². The van der Waals surface area contributed by atoms with E-state index in [-0.39, 0.29) is 16.9 Å². The molecule has 0 bridgehead atoms. The van der Waals surface area contributed by atoms with Crippen LogP contribution in [0.4, 0.5) is 0 Å². The quantitative estimate of drug-likeness (QED) is 0.774. The summed E-state index contributed by atoms with van der Waals surface area (Å²) in [7, 11) is 2.78. The Morgan fingerprint density at radius 2 is 2.06 bits per heavy atom.